The molecule has 0 aromatic heterocycles. The van der Waals surface area contributed by atoms with Gasteiger partial charge < -0.3 is 0 Å². The Labute approximate surface area is 166 Å². The van der Waals surface area contributed by atoms with E-state index in [0.717, 1.165) is 54.6 Å². The number of nitrogens with zero attached hydrogens (tertiary/aromatic N) is 4. The van der Waals surface area contributed by atoms with Crippen LogP contribution in [0.5, 0.6) is 0 Å². The van der Waals surface area contributed by atoms with E-state index in [4.69, 9.17) is 0 Å². The second-order valence-corrected chi connectivity index (χ2v) is 7.52. The lowest BCUT2D eigenvalue weighted by Gasteiger charge is -1.99. The molecule has 0 saturated heterocycles. The van der Waals surface area contributed by atoms with E-state index in [2.05, 4.69) is 51.8 Å². The molecule has 0 radical (unpaired) electrons. The van der Waals surface area contributed by atoms with Crippen molar-refractivity contribution in [3.8, 4) is 0 Å². The molecular weight excluding hydrogens is 456 g/mol. The summed E-state index contributed by atoms with van der Waals surface area (Å²) in [5.41, 5.74) is 6.83. The molecule has 0 unspecified atom stereocenters. The van der Waals surface area contributed by atoms with Gasteiger partial charge >= 0.3 is 0 Å². The predicted molar refractivity (Wildman–Crippen MR) is 114 cm³/mol. The zero-order valence-corrected chi connectivity index (χ0v) is 16.5. The Morgan fingerprint density at radius 2 is 0.962 bits per heavy atom. The van der Waals surface area contributed by atoms with Crippen LogP contribution in [-0.2, 0) is 0 Å². The largest absolute Gasteiger partial charge is 0.248 e. The van der Waals surface area contributed by atoms with Gasteiger partial charge in [0, 0.05) is 0 Å². The first-order valence-electron chi connectivity index (χ1n) is 7.96. The Kier molecular flexibility index (Phi) is 3.69. The minimum atomic E-state index is 0.848. The fourth-order valence-corrected chi connectivity index (χ4v) is 3.77. The van der Waals surface area contributed by atoms with Crippen molar-refractivity contribution < 1.29 is 0 Å². The molecule has 0 atom stereocenters. The van der Waals surface area contributed by atoms with Gasteiger partial charge in [0.05, 0.1) is 54.6 Å². The maximum Gasteiger partial charge on any atom is 0.0801 e. The molecule has 0 N–H and O–H groups in total. The molecule has 124 valence electrons. The molecule has 0 saturated carbocycles. The van der Waals surface area contributed by atoms with Crippen LogP contribution in [0.25, 0.3) is 0 Å². The van der Waals surface area contributed by atoms with Crippen molar-refractivity contribution in [1.82, 2.24) is 0 Å². The van der Waals surface area contributed by atoms with Crippen LogP contribution in [0.3, 0.4) is 0 Å². The molecule has 0 fully saturated rings. The summed E-state index contributed by atoms with van der Waals surface area (Å²) in [7, 11) is 0. The molecule has 26 heavy (non-hydrogen) atoms. The molecule has 0 aliphatic carbocycles. The highest BCUT2D eigenvalue weighted by molar-refractivity contribution is 9.12. The van der Waals surface area contributed by atoms with Gasteiger partial charge in [-0.1, -0.05) is 0 Å². The summed E-state index contributed by atoms with van der Waals surface area (Å²) in [4.78, 5) is 18.6. The van der Waals surface area contributed by atoms with Gasteiger partial charge in [0.15, 0.2) is 0 Å². The van der Waals surface area contributed by atoms with Crippen LogP contribution in [0.1, 0.15) is 0 Å². The summed E-state index contributed by atoms with van der Waals surface area (Å²) < 4.78 is 1.74. The summed E-state index contributed by atoms with van der Waals surface area (Å²) in [5, 5.41) is 0. The minimum Gasteiger partial charge on any atom is -0.248 e. The third-order valence-corrected chi connectivity index (χ3v) is 5.76. The lowest BCUT2D eigenvalue weighted by molar-refractivity contribution is 1.41. The lowest BCUT2D eigenvalue weighted by atomic mass is 10.2. The standard InChI is InChI=1S/C20H10Br2N4/c21-19-15-5-1-11(23-15)9-12-2-6-17(24-12)20(22)18-8-4-14(26-18)10-13-3-7-16(19)25-13/h1-10H. The number of hydrogen-bond donors (Lipinski definition) is 0. The van der Waals surface area contributed by atoms with Crippen molar-refractivity contribution in [3.63, 3.8) is 0 Å². The summed E-state index contributed by atoms with van der Waals surface area (Å²) in [6.07, 6.45) is 19.7. The molecule has 0 spiro atoms. The number of rotatable bonds is 0. The number of allylic oxidation sites excluding steroid dienone is 12. The second kappa shape index (κ2) is 6.07. The van der Waals surface area contributed by atoms with Gasteiger partial charge in [0.1, 0.15) is 0 Å². The van der Waals surface area contributed by atoms with E-state index in [-0.39, 0.29) is 0 Å². The van der Waals surface area contributed by atoms with Gasteiger partial charge in [0.2, 0.25) is 0 Å². The topological polar surface area (TPSA) is 49.4 Å². The first kappa shape index (κ1) is 15.8. The highest BCUT2D eigenvalue weighted by Gasteiger charge is 2.18. The fourth-order valence-electron chi connectivity index (χ4n) is 2.89. The highest BCUT2D eigenvalue weighted by Crippen LogP contribution is 2.28. The summed E-state index contributed by atoms with van der Waals surface area (Å²) >= 11 is 7.26. The van der Waals surface area contributed by atoms with Crippen molar-refractivity contribution in [1.29, 1.82) is 0 Å². The van der Waals surface area contributed by atoms with Crippen molar-refractivity contribution in [3.05, 3.63) is 92.5 Å². The van der Waals surface area contributed by atoms with Crippen LogP contribution in [-0.4, -0.2) is 22.8 Å². The summed E-state index contributed by atoms with van der Waals surface area (Å²) in [6.45, 7) is 0. The number of hydrogen-bond acceptors (Lipinski definition) is 4. The van der Waals surface area contributed by atoms with Crippen molar-refractivity contribution >= 4 is 54.7 Å². The maximum atomic E-state index is 4.66. The Hall–Kier alpha value is -2.44. The number of halogens is 2. The van der Waals surface area contributed by atoms with Crippen molar-refractivity contribution in [2.24, 2.45) is 20.0 Å². The summed E-state index contributed by atoms with van der Waals surface area (Å²) in [5.74, 6) is 0. The SMILES string of the molecule is BrC1=C2C=CC(=N2)C=C2C=CC(=N2)C(Br)=C2C=CC(=N2)C=C2C=CC1=N2. The van der Waals surface area contributed by atoms with Gasteiger partial charge in [-0.05, 0) is 92.6 Å². The van der Waals surface area contributed by atoms with Gasteiger partial charge in [0.25, 0.3) is 0 Å². The molecule has 0 aromatic rings. The van der Waals surface area contributed by atoms with Crippen LogP contribution >= 0.6 is 31.9 Å². The van der Waals surface area contributed by atoms with Crippen molar-refractivity contribution in [2.45, 2.75) is 0 Å². The maximum absolute atomic E-state index is 4.66. The van der Waals surface area contributed by atoms with Crippen LogP contribution in [0.15, 0.2) is 112 Å². The molecule has 8 bridgehead atoms. The molecule has 0 aromatic carbocycles. The smallest absolute Gasteiger partial charge is 0.0801 e. The Bertz CT molecular complexity index is 1040. The van der Waals surface area contributed by atoms with E-state index in [1.165, 1.54) is 0 Å². The molecule has 4 nitrogen and oxygen atoms in total. The van der Waals surface area contributed by atoms with Crippen LogP contribution in [0, 0.1) is 0 Å². The summed E-state index contributed by atoms with van der Waals surface area (Å²) in [6, 6.07) is 0. The Morgan fingerprint density at radius 1 is 0.500 bits per heavy atom. The predicted octanol–water partition coefficient (Wildman–Crippen LogP) is 5.02. The van der Waals surface area contributed by atoms with E-state index >= 15 is 0 Å². The van der Waals surface area contributed by atoms with Crippen molar-refractivity contribution in [2.75, 3.05) is 0 Å². The second-order valence-electron chi connectivity index (χ2n) is 5.94. The first-order valence-corrected chi connectivity index (χ1v) is 9.55. The van der Waals surface area contributed by atoms with Gasteiger partial charge in [-0.25, -0.2) is 20.0 Å². The van der Waals surface area contributed by atoms with E-state index in [0.29, 0.717) is 0 Å². The van der Waals surface area contributed by atoms with E-state index in [1.807, 2.05) is 60.8 Å². The number of aliphatic imine (C=N–C) groups is 4. The normalized spacial score (nSPS) is 22.7. The molecule has 5 rings (SSSR count). The molecular formula is C20H10Br2N4. The molecule has 5 heterocycles. The first-order chi connectivity index (χ1) is 12.7. The van der Waals surface area contributed by atoms with Gasteiger partial charge in [-0.15, -0.1) is 0 Å². The van der Waals surface area contributed by atoms with E-state index < -0.39 is 0 Å². The molecule has 5 aliphatic heterocycles. The average molecular weight is 466 g/mol. The monoisotopic (exact) mass is 464 g/mol. The zero-order chi connectivity index (χ0) is 17.7. The van der Waals surface area contributed by atoms with Crippen LogP contribution in [0.2, 0.25) is 0 Å². The Morgan fingerprint density at radius 3 is 1.42 bits per heavy atom. The Balaban J connectivity index is 1.71. The van der Waals surface area contributed by atoms with Gasteiger partial charge in [-0.2, -0.15) is 0 Å². The molecule has 0 amide bonds. The minimum absolute atomic E-state index is 0.848. The van der Waals surface area contributed by atoms with Crippen LogP contribution in [0.4, 0.5) is 0 Å². The van der Waals surface area contributed by atoms with Gasteiger partial charge in [-0.3, -0.25) is 0 Å². The number of fused-ring (bicyclic) bond motifs is 4. The molecule has 6 heteroatoms. The quantitative estimate of drug-likeness (QED) is 0.482. The third-order valence-electron chi connectivity index (χ3n) is 4.14. The lowest BCUT2D eigenvalue weighted by Crippen LogP contribution is -1.94. The van der Waals surface area contributed by atoms with E-state index in [9.17, 15) is 0 Å². The highest BCUT2D eigenvalue weighted by atomic mass is 79.9. The van der Waals surface area contributed by atoms with Crippen LogP contribution < -0.4 is 0 Å². The third kappa shape index (κ3) is 2.75. The fraction of sp³-hybridized carbons (Fsp3) is 0. The zero-order valence-electron chi connectivity index (χ0n) is 13.3. The average Bonchev–Trinajstić information content (AvgIpc) is 3.41. The molecule has 5 aliphatic rings. The van der Waals surface area contributed by atoms with E-state index in [1.54, 1.807) is 0 Å².